The number of hydrogen-bond donors (Lipinski definition) is 0. The summed E-state index contributed by atoms with van der Waals surface area (Å²) in [6.07, 6.45) is 4.56. The highest BCUT2D eigenvalue weighted by Crippen LogP contribution is 2.24. The van der Waals surface area contributed by atoms with Crippen LogP contribution in [0.2, 0.25) is 0 Å². The number of rotatable bonds is 2. The van der Waals surface area contributed by atoms with Gasteiger partial charge in [0.15, 0.2) is 0 Å². The van der Waals surface area contributed by atoms with Gasteiger partial charge in [0.05, 0.1) is 0 Å². The summed E-state index contributed by atoms with van der Waals surface area (Å²) in [7, 11) is 0. The molecular formula is C12H17BrN2. The van der Waals surface area contributed by atoms with Crippen LogP contribution in [0.4, 0.5) is 5.69 Å². The van der Waals surface area contributed by atoms with E-state index < -0.39 is 0 Å². The van der Waals surface area contributed by atoms with Crippen molar-refractivity contribution in [1.82, 2.24) is 4.98 Å². The molecule has 0 saturated carbocycles. The minimum absolute atomic E-state index is 0.798. The topological polar surface area (TPSA) is 16.1 Å². The summed E-state index contributed by atoms with van der Waals surface area (Å²) in [6, 6.07) is 4.29. The maximum Gasteiger partial charge on any atom is 0.0399 e. The summed E-state index contributed by atoms with van der Waals surface area (Å²) in [5, 5.41) is 1.12. The van der Waals surface area contributed by atoms with Crippen molar-refractivity contribution in [2.45, 2.75) is 19.8 Å². The zero-order valence-electron chi connectivity index (χ0n) is 9.12. The van der Waals surface area contributed by atoms with Gasteiger partial charge in [0.25, 0.3) is 0 Å². The van der Waals surface area contributed by atoms with Crippen molar-refractivity contribution in [3.8, 4) is 0 Å². The van der Waals surface area contributed by atoms with Crippen LogP contribution in [0.1, 0.15) is 18.5 Å². The molecule has 0 aromatic carbocycles. The molecular weight excluding hydrogens is 252 g/mol. The molecule has 0 spiro atoms. The molecule has 1 aromatic rings. The van der Waals surface area contributed by atoms with E-state index in [2.05, 4.69) is 44.9 Å². The van der Waals surface area contributed by atoms with Crippen LogP contribution < -0.4 is 4.90 Å². The molecule has 0 amide bonds. The van der Waals surface area contributed by atoms with E-state index in [0.29, 0.717) is 0 Å². The lowest BCUT2D eigenvalue weighted by atomic mass is 10.00. The van der Waals surface area contributed by atoms with E-state index in [-0.39, 0.29) is 0 Å². The minimum Gasteiger partial charge on any atom is -0.371 e. The van der Waals surface area contributed by atoms with Gasteiger partial charge in [-0.2, -0.15) is 0 Å². The second-order valence-electron chi connectivity index (χ2n) is 4.26. The number of halogens is 1. The lowest BCUT2D eigenvalue weighted by Crippen LogP contribution is -2.36. The van der Waals surface area contributed by atoms with Crippen molar-refractivity contribution in [1.29, 1.82) is 0 Å². The number of alkyl halides is 1. The van der Waals surface area contributed by atoms with Gasteiger partial charge in [-0.05, 0) is 37.8 Å². The molecule has 0 bridgehead atoms. The lowest BCUT2D eigenvalue weighted by Gasteiger charge is -2.33. The normalized spacial score (nSPS) is 21.7. The van der Waals surface area contributed by atoms with E-state index >= 15 is 0 Å². The molecule has 82 valence electrons. The molecule has 1 aliphatic rings. The molecule has 2 nitrogen and oxygen atoms in total. The van der Waals surface area contributed by atoms with Crippen LogP contribution in [-0.2, 0) is 0 Å². The molecule has 0 radical (unpaired) electrons. The highest BCUT2D eigenvalue weighted by molar-refractivity contribution is 9.09. The van der Waals surface area contributed by atoms with E-state index in [0.717, 1.165) is 16.9 Å². The van der Waals surface area contributed by atoms with Crippen molar-refractivity contribution in [2.75, 3.05) is 23.3 Å². The van der Waals surface area contributed by atoms with Crippen LogP contribution in [-0.4, -0.2) is 23.4 Å². The predicted octanol–water partition coefficient (Wildman–Crippen LogP) is 3.00. The van der Waals surface area contributed by atoms with E-state index in [4.69, 9.17) is 0 Å². The average Bonchev–Trinajstić information content (AvgIpc) is 2.29. The molecule has 0 aliphatic carbocycles. The molecule has 1 saturated heterocycles. The fourth-order valence-corrected chi connectivity index (χ4v) is 2.68. The van der Waals surface area contributed by atoms with Crippen molar-refractivity contribution in [2.24, 2.45) is 5.92 Å². The molecule has 3 heteroatoms. The lowest BCUT2D eigenvalue weighted by molar-refractivity contribution is 0.455. The summed E-state index contributed by atoms with van der Waals surface area (Å²) in [5.41, 5.74) is 2.43. The van der Waals surface area contributed by atoms with Gasteiger partial charge < -0.3 is 4.90 Å². The second kappa shape index (κ2) is 4.97. The Hall–Kier alpha value is -0.570. The van der Waals surface area contributed by atoms with Gasteiger partial charge in [0, 0.05) is 36.0 Å². The Labute approximate surface area is 99.8 Å². The molecule has 2 heterocycles. The number of pyridine rings is 1. The summed E-state index contributed by atoms with van der Waals surface area (Å²) < 4.78 is 0. The van der Waals surface area contributed by atoms with Crippen molar-refractivity contribution in [3.63, 3.8) is 0 Å². The van der Waals surface area contributed by atoms with Gasteiger partial charge in [-0.15, -0.1) is 0 Å². The van der Waals surface area contributed by atoms with Crippen molar-refractivity contribution in [3.05, 3.63) is 24.0 Å². The van der Waals surface area contributed by atoms with Crippen LogP contribution in [0.3, 0.4) is 0 Å². The quantitative estimate of drug-likeness (QED) is 0.767. The first-order valence-corrected chi connectivity index (χ1v) is 6.65. The fourth-order valence-electron chi connectivity index (χ4n) is 2.15. The first kappa shape index (κ1) is 10.9. The number of anilines is 1. The number of aryl methyl sites for hydroxylation is 1. The largest absolute Gasteiger partial charge is 0.371 e. The molecule has 1 aromatic heterocycles. The Morgan fingerprint density at radius 1 is 1.60 bits per heavy atom. The summed E-state index contributed by atoms with van der Waals surface area (Å²) in [5.74, 6) is 0.798. The summed E-state index contributed by atoms with van der Waals surface area (Å²) >= 11 is 3.59. The van der Waals surface area contributed by atoms with Crippen molar-refractivity contribution >= 4 is 21.6 Å². The molecule has 1 unspecified atom stereocenters. The summed E-state index contributed by atoms with van der Waals surface area (Å²) in [6.45, 7) is 4.41. The Bertz CT molecular complexity index is 327. The van der Waals surface area contributed by atoms with E-state index in [1.165, 1.54) is 31.6 Å². The highest BCUT2D eigenvalue weighted by atomic mass is 79.9. The van der Waals surface area contributed by atoms with Gasteiger partial charge in [0.2, 0.25) is 0 Å². The highest BCUT2D eigenvalue weighted by Gasteiger charge is 2.19. The summed E-state index contributed by atoms with van der Waals surface area (Å²) in [4.78, 5) is 6.71. The SMILES string of the molecule is Cc1cc(N2CCCC(CBr)C2)ccn1. The molecule has 15 heavy (non-hydrogen) atoms. The van der Waals surface area contributed by atoms with E-state index in [1.54, 1.807) is 0 Å². The molecule has 1 aliphatic heterocycles. The van der Waals surface area contributed by atoms with Crippen LogP contribution in [0, 0.1) is 12.8 Å². The average molecular weight is 269 g/mol. The molecule has 0 N–H and O–H groups in total. The van der Waals surface area contributed by atoms with Gasteiger partial charge in [-0.1, -0.05) is 15.9 Å². The first-order chi connectivity index (χ1) is 7.29. The monoisotopic (exact) mass is 268 g/mol. The zero-order chi connectivity index (χ0) is 10.7. The Morgan fingerprint density at radius 3 is 3.20 bits per heavy atom. The van der Waals surface area contributed by atoms with E-state index in [1.807, 2.05) is 6.20 Å². The third-order valence-electron chi connectivity index (χ3n) is 2.98. The maximum absolute atomic E-state index is 4.24. The van der Waals surface area contributed by atoms with Crippen LogP contribution in [0.25, 0.3) is 0 Å². The van der Waals surface area contributed by atoms with Crippen molar-refractivity contribution < 1.29 is 0 Å². The second-order valence-corrected chi connectivity index (χ2v) is 4.91. The third kappa shape index (κ3) is 2.71. The smallest absolute Gasteiger partial charge is 0.0399 e. The zero-order valence-corrected chi connectivity index (χ0v) is 10.7. The van der Waals surface area contributed by atoms with Gasteiger partial charge in [0.1, 0.15) is 0 Å². The molecule has 2 rings (SSSR count). The Morgan fingerprint density at radius 2 is 2.47 bits per heavy atom. The third-order valence-corrected chi connectivity index (χ3v) is 3.90. The fraction of sp³-hybridized carbons (Fsp3) is 0.583. The Balaban J connectivity index is 2.09. The number of piperidine rings is 1. The maximum atomic E-state index is 4.24. The molecule has 1 fully saturated rings. The molecule has 1 atom stereocenters. The first-order valence-electron chi connectivity index (χ1n) is 5.53. The minimum atomic E-state index is 0.798. The predicted molar refractivity (Wildman–Crippen MR) is 67.7 cm³/mol. The van der Waals surface area contributed by atoms with Gasteiger partial charge >= 0.3 is 0 Å². The van der Waals surface area contributed by atoms with E-state index in [9.17, 15) is 0 Å². The number of nitrogens with zero attached hydrogens (tertiary/aromatic N) is 2. The van der Waals surface area contributed by atoms with Gasteiger partial charge in [-0.3, -0.25) is 4.98 Å². The number of hydrogen-bond acceptors (Lipinski definition) is 2. The van der Waals surface area contributed by atoms with Crippen LogP contribution in [0.15, 0.2) is 18.3 Å². The van der Waals surface area contributed by atoms with Crippen LogP contribution in [0.5, 0.6) is 0 Å². The Kier molecular flexibility index (Phi) is 3.62. The van der Waals surface area contributed by atoms with Crippen LogP contribution >= 0.6 is 15.9 Å². The number of aromatic nitrogens is 1. The standard InChI is InChI=1S/C12H17BrN2/c1-10-7-12(4-5-14-10)15-6-2-3-11(8-13)9-15/h4-5,7,11H,2-3,6,8-9H2,1H3. The van der Waals surface area contributed by atoms with Gasteiger partial charge in [-0.25, -0.2) is 0 Å².